The van der Waals surface area contributed by atoms with Crippen molar-refractivity contribution >= 4 is 17.4 Å². The third kappa shape index (κ3) is 1.52. The van der Waals surface area contributed by atoms with E-state index in [0.29, 0.717) is 6.04 Å². The van der Waals surface area contributed by atoms with E-state index >= 15 is 0 Å². The molecule has 0 radical (unpaired) electrons. The minimum Gasteiger partial charge on any atom is -0.327 e. The molecule has 0 bridgehead atoms. The topological polar surface area (TPSA) is 26.0 Å². The molecule has 0 atom stereocenters. The van der Waals surface area contributed by atoms with Gasteiger partial charge in [-0.15, -0.1) is 0 Å². The fourth-order valence-corrected chi connectivity index (χ4v) is 1.94. The van der Waals surface area contributed by atoms with E-state index in [-0.39, 0.29) is 0 Å². The maximum atomic E-state index is 5.66. The molecule has 1 aliphatic carbocycles. The molecule has 1 aromatic rings. The highest BCUT2D eigenvalue weighted by Crippen LogP contribution is 2.27. The molecule has 1 saturated carbocycles. The normalized spacial score (nSPS) is 23.0. The largest absolute Gasteiger partial charge is 0.327 e. The zero-order valence-corrected chi connectivity index (χ0v) is 7.10. The van der Waals surface area contributed by atoms with Gasteiger partial charge in [0.25, 0.3) is 0 Å². The van der Waals surface area contributed by atoms with Gasteiger partial charge in [-0.2, -0.15) is 11.3 Å². The Hall–Kier alpha value is -0.600. The van der Waals surface area contributed by atoms with E-state index < -0.39 is 0 Å². The monoisotopic (exact) mass is 165 g/mol. The Kier molecular flexibility index (Phi) is 1.80. The van der Waals surface area contributed by atoms with Crippen LogP contribution in [0.2, 0.25) is 0 Å². The van der Waals surface area contributed by atoms with Crippen LogP contribution >= 0.6 is 11.3 Å². The van der Waals surface area contributed by atoms with Gasteiger partial charge in [-0.3, -0.25) is 0 Å². The highest BCUT2D eigenvalue weighted by Gasteiger charge is 2.17. The summed E-state index contributed by atoms with van der Waals surface area (Å²) in [6.07, 6.45) is 4.44. The molecule has 0 unspecified atom stereocenters. The van der Waals surface area contributed by atoms with Gasteiger partial charge in [-0.25, -0.2) is 0 Å². The molecule has 1 aromatic heterocycles. The molecule has 0 amide bonds. The maximum Gasteiger partial charge on any atom is 0.0114 e. The van der Waals surface area contributed by atoms with E-state index in [9.17, 15) is 0 Å². The van der Waals surface area contributed by atoms with Gasteiger partial charge in [0.05, 0.1) is 0 Å². The first-order valence-electron chi connectivity index (χ1n) is 3.82. The zero-order chi connectivity index (χ0) is 7.68. The Bertz CT molecular complexity index is 253. The Morgan fingerprint density at radius 2 is 2.36 bits per heavy atom. The Labute approximate surface area is 70.5 Å². The predicted molar refractivity (Wildman–Crippen MR) is 49.5 cm³/mol. The molecule has 1 fully saturated rings. The fourth-order valence-electron chi connectivity index (χ4n) is 1.32. The molecular weight excluding hydrogens is 154 g/mol. The first-order valence-corrected chi connectivity index (χ1v) is 4.76. The van der Waals surface area contributed by atoms with Gasteiger partial charge in [0.1, 0.15) is 0 Å². The van der Waals surface area contributed by atoms with Crippen LogP contribution in [0.25, 0.3) is 6.08 Å². The number of thiophene rings is 1. The van der Waals surface area contributed by atoms with Crippen molar-refractivity contribution in [1.82, 2.24) is 0 Å². The van der Waals surface area contributed by atoms with Gasteiger partial charge < -0.3 is 5.73 Å². The summed E-state index contributed by atoms with van der Waals surface area (Å²) in [6.45, 7) is 0. The summed E-state index contributed by atoms with van der Waals surface area (Å²) in [5.41, 5.74) is 8.49. The lowest BCUT2D eigenvalue weighted by Gasteiger charge is -2.24. The summed E-state index contributed by atoms with van der Waals surface area (Å²) in [5, 5.41) is 4.27. The Morgan fingerprint density at radius 3 is 2.91 bits per heavy atom. The van der Waals surface area contributed by atoms with Crippen LogP contribution in [0.15, 0.2) is 22.4 Å². The van der Waals surface area contributed by atoms with Gasteiger partial charge in [0.2, 0.25) is 0 Å². The molecule has 1 nitrogen and oxygen atoms in total. The number of rotatable bonds is 1. The lowest BCUT2D eigenvalue weighted by Crippen LogP contribution is -2.29. The van der Waals surface area contributed by atoms with E-state index in [0.717, 1.165) is 12.8 Å². The molecule has 0 saturated heterocycles. The van der Waals surface area contributed by atoms with Gasteiger partial charge in [-0.1, -0.05) is 11.6 Å². The smallest absolute Gasteiger partial charge is 0.0114 e. The Morgan fingerprint density at radius 1 is 1.55 bits per heavy atom. The van der Waals surface area contributed by atoms with E-state index in [2.05, 4.69) is 22.9 Å². The van der Waals surface area contributed by atoms with Gasteiger partial charge in [0.15, 0.2) is 0 Å². The second kappa shape index (κ2) is 2.80. The van der Waals surface area contributed by atoms with Crippen molar-refractivity contribution in [1.29, 1.82) is 0 Å². The van der Waals surface area contributed by atoms with Crippen LogP contribution in [0.3, 0.4) is 0 Å². The second-order valence-corrected chi connectivity index (χ2v) is 3.81. The first kappa shape index (κ1) is 7.07. The van der Waals surface area contributed by atoms with E-state index in [1.165, 1.54) is 11.1 Å². The Balaban J connectivity index is 2.06. The van der Waals surface area contributed by atoms with Crippen LogP contribution < -0.4 is 5.73 Å². The average molecular weight is 165 g/mol. The molecule has 2 N–H and O–H groups in total. The second-order valence-electron chi connectivity index (χ2n) is 3.03. The summed E-state index contributed by atoms with van der Waals surface area (Å²) in [6, 6.07) is 2.57. The number of nitrogens with two attached hydrogens (primary N) is 1. The minimum atomic E-state index is 0.430. The van der Waals surface area contributed by atoms with E-state index in [1.54, 1.807) is 11.3 Å². The standard InChI is InChI=1S/C9H11NS/c10-9-4-8(5-9)3-7-1-2-11-6-7/h1-3,6,9H,4-5,10H2. The molecule has 1 aliphatic rings. The minimum absolute atomic E-state index is 0.430. The average Bonchev–Trinajstić information content (AvgIpc) is 2.36. The third-order valence-electron chi connectivity index (χ3n) is 1.96. The van der Waals surface area contributed by atoms with Crippen molar-refractivity contribution in [3.05, 3.63) is 28.0 Å². The molecule has 0 aliphatic heterocycles. The highest BCUT2D eigenvalue weighted by molar-refractivity contribution is 7.08. The van der Waals surface area contributed by atoms with Crippen LogP contribution in [0.5, 0.6) is 0 Å². The maximum absolute atomic E-state index is 5.66. The molecule has 0 aromatic carbocycles. The quantitative estimate of drug-likeness (QED) is 0.678. The first-order chi connectivity index (χ1) is 5.34. The molecule has 1 heterocycles. The van der Waals surface area contributed by atoms with E-state index in [4.69, 9.17) is 5.73 Å². The summed E-state index contributed by atoms with van der Waals surface area (Å²) in [5.74, 6) is 0. The SMILES string of the molecule is NC1CC(=Cc2ccsc2)C1. The zero-order valence-electron chi connectivity index (χ0n) is 6.29. The van der Waals surface area contributed by atoms with Crippen molar-refractivity contribution in [2.24, 2.45) is 5.73 Å². The lowest BCUT2D eigenvalue weighted by atomic mass is 9.86. The van der Waals surface area contributed by atoms with Gasteiger partial charge >= 0.3 is 0 Å². The van der Waals surface area contributed by atoms with Crippen LogP contribution in [0, 0.1) is 0 Å². The lowest BCUT2D eigenvalue weighted by molar-refractivity contribution is 0.547. The molecule has 2 rings (SSSR count). The van der Waals surface area contributed by atoms with Crippen LogP contribution in [-0.2, 0) is 0 Å². The van der Waals surface area contributed by atoms with Crippen molar-refractivity contribution in [3.63, 3.8) is 0 Å². The van der Waals surface area contributed by atoms with Crippen molar-refractivity contribution in [2.75, 3.05) is 0 Å². The molecule has 0 spiro atoms. The van der Waals surface area contributed by atoms with Crippen LogP contribution in [-0.4, -0.2) is 6.04 Å². The van der Waals surface area contributed by atoms with Crippen molar-refractivity contribution in [3.8, 4) is 0 Å². The van der Waals surface area contributed by atoms with Gasteiger partial charge in [-0.05, 0) is 35.2 Å². The predicted octanol–water partition coefficient (Wildman–Crippen LogP) is 2.25. The highest BCUT2D eigenvalue weighted by atomic mass is 32.1. The molecule has 58 valence electrons. The summed E-state index contributed by atoms with van der Waals surface area (Å²) in [4.78, 5) is 0. The van der Waals surface area contributed by atoms with E-state index in [1.807, 2.05) is 0 Å². The van der Waals surface area contributed by atoms with Crippen LogP contribution in [0.1, 0.15) is 18.4 Å². The third-order valence-corrected chi connectivity index (χ3v) is 2.66. The van der Waals surface area contributed by atoms with Crippen LogP contribution in [0.4, 0.5) is 0 Å². The number of hydrogen-bond acceptors (Lipinski definition) is 2. The van der Waals surface area contributed by atoms with Crippen molar-refractivity contribution in [2.45, 2.75) is 18.9 Å². The fraction of sp³-hybridized carbons (Fsp3) is 0.333. The number of hydrogen-bond donors (Lipinski definition) is 1. The molecule has 2 heteroatoms. The van der Waals surface area contributed by atoms with Crippen molar-refractivity contribution < 1.29 is 0 Å². The summed E-state index contributed by atoms with van der Waals surface area (Å²) >= 11 is 1.74. The summed E-state index contributed by atoms with van der Waals surface area (Å²) in [7, 11) is 0. The summed E-state index contributed by atoms with van der Waals surface area (Å²) < 4.78 is 0. The van der Waals surface area contributed by atoms with Gasteiger partial charge in [0, 0.05) is 6.04 Å². The molecular formula is C9H11NS. The molecule has 11 heavy (non-hydrogen) atoms.